The summed E-state index contributed by atoms with van der Waals surface area (Å²) in [5, 5.41) is 2.64. The van der Waals surface area contributed by atoms with Crippen molar-refractivity contribution >= 4 is 31.7 Å². The van der Waals surface area contributed by atoms with Gasteiger partial charge >= 0.3 is 0 Å². The van der Waals surface area contributed by atoms with Crippen molar-refractivity contribution in [3.8, 4) is 0 Å². The Morgan fingerprint density at radius 1 is 1.12 bits per heavy atom. The van der Waals surface area contributed by atoms with E-state index in [-0.39, 0.29) is 55.3 Å². The van der Waals surface area contributed by atoms with Gasteiger partial charge in [-0.3, -0.25) is 9.59 Å². The molecule has 1 N–H and O–H groups in total. The van der Waals surface area contributed by atoms with E-state index in [1.807, 2.05) is 0 Å². The number of carbonyl (C=O) groups is 2. The number of carbonyl (C=O) groups excluding carboxylic acids is 2. The van der Waals surface area contributed by atoms with Crippen LogP contribution in [0.5, 0.6) is 0 Å². The Hall–Kier alpha value is -1.20. The van der Waals surface area contributed by atoms with Gasteiger partial charge in [0, 0.05) is 45.1 Å². The van der Waals surface area contributed by atoms with E-state index in [1.165, 1.54) is 4.31 Å². The molecule has 0 unspecified atom stereocenters. The van der Waals surface area contributed by atoms with Crippen molar-refractivity contribution < 1.29 is 26.4 Å². The minimum Gasteiger partial charge on any atom is -0.352 e. The second-order valence-corrected chi connectivity index (χ2v) is 10.4. The second-order valence-electron chi connectivity index (χ2n) is 6.21. The molecule has 1 atom stereocenters. The summed E-state index contributed by atoms with van der Waals surface area (Å²) >= 11 is 0. The molecule has 2 heterocycles. The first-order chi connectivity index (χ1) is 11.1. The zero-order valence-electron chi connectivity index (χ0n) is 13.6. The van der Waals surface area contributed by atoms with Gasteiger partial charge in [0.05, 0.1) is 17.8 Å². The molecule has 2 aliphatic rings. The van der Waals surface area contributed by atoms with E-state index in [2.05, 4.69) is 5.32 Å². The molecule has 2 rings (SSSR count). The predicted molar refractivity (Wildman–Crippen MR) is 87.4 cm³/mol. The van der Waals surface area contributed by atoms with Crippen LogP contribution in [0.2, 0.25) is 0 Å². The topological polar surface area (TPSA) is 121 Å². The van der Waals surface area contributed by atoms with E-state index < -0.39 is 19.9 Å². The van der Waals surface area contributed by atoms with Gasteiger partial charge in [-0.2, -0.15) is 4.31 Å². The largest absolute Gasteiger partial charge is 0.352 e. The molecule has 138 valence electrons. The number of piperazine rings is 1. The summed E-state index contributed by atoms with van der Waals surface area (Å²) in [6.07, 6.45) is 1.58. The Balaban J connectivity index is 1.71. The predicted octanol–water partition coefficient (Wildman–Crippen LogP) is -1.83. The molecule has 0 aliphatic carbocycles. The quantitative estimate of drug-likeness (QED) is 0.598. The van der Waals surface area contributed by atoms with Crippen LogP contribution in [-0.2, 0) is 29.4 Å². The first kappa shape index (κ1) is 19.1. The highest BCUT2D eigenvalue weighted by Gasteiger charge is 2.29. The van der Waals surface area contributed by atoms with Gasteiger partial charge in [0.1, 0.15) is 0 Å². The number of sulfonamides is 1. The maximum atomic E-state index is 12.1. The lowest BCUT2D eigenvalue weighted by molar-refractivity contribution is -0.134. The van der Waals surface area contributed by atoms with Gasteiger partial charge < -0.3 is 10.2 Å². The van der Waals surface area contributed by atoms with E-state index in [0.717, 1.165) is 6.26 Å². The van der Waals surface area contributed by atoms with Crippen LogP contribution in [0, 0.1) is 0 Å². The Morgan fingerprint density at radius 2 is 1.75 bits per heavy atom. The van der Waals surface area contributed by atoms with Crippen molar-refractivity contribution in [1.82, 2.24) is 14.5 Å². The smallest absolute Gasteiger partial charge is 0.223 e. The van der Waals surface area contributed by atoms with Gasteiger partial charge in [0.15, 0.2) is 9.84 Å². The van der Waals surface area contributed by atoms with Crippen LogP contribution < -0.4 is 5.32 Å². The molecule has 9 nitrogen and oxygen atoms in total. The first-order valence-corrected chi connectivity index (χ1v) is 11.5. The number of amides is 2. The van der Waals surface area contributed by atoms with Crippen molar-refractivity contribution in [1.29, 1.82) is 0 Å². The van der Waals surface area contributed by atoms with Gasteiger partial charge in [-0.1, -0.05) is 0 Å². The van der Waals surface area contributed by atoms with Crippen molar-refractivity contribution in [2.24, 2.45) is 0 Å². The molecule has 0 aromatic heterocycles. The van der Waals surface area contributed by atoms with Crippen molar-refractivity contribution in [3.63, 3.8) is 0 Å². The van der Waals surface area contributed by atoms with E-state index in [0.29, 0.717) is 19.5 Å². The Bertz CT molecular complexity index is 695. The normalized spacial score (nSPS) is 24.7. The molecule has 2 amide bonds. The van der Waals surface area contributed by atoms with Gasteiger partial charge in [-0.15, -0.1) is 0 Å². The fraction of sp³-hybridized carbons (Fsp3) is 0.846. The molecule has 11 heteroatoms. The maximum absolute atomic E-state index is 12.1. The average molecular weight is 381 g/mol. The van der Waals surface area contributed by atoms with Gasteiger partial charge in [-0.25, -0.2) is 16.8 Å². The van der Waals surface area contributed by atoms with Gasteiger partial charge in [0.25, 0.3) is 0 Å². The molecule has 0 spiro atoms. The lowest BCUT2D eigenvalue weighted by Crippen LogP contribution is -2.50. The molecule has 0 radical (unpaired) electrons. The zero-order valence-corrected chi connectivity index (χ0v) is 15.2. The second kappa shape index (κ2) is 7.36. The number of hydrogen-bond acceptors (Lipinski definition) is 6. The number of nitrogens with one attached hydrogen (secondary N) is 1. The van der Waals surface area contributed by atoms with Crippen LogP contribution in [0.25, 0.3) is 0 Å². The number of hydrogen-bond donors (Lipinski definition) is 1. The van der Waals surface area contributed by atoms with Crippen molar-refractivity contribution in [3.05, 3.63) is 0 Å². The van der Waals surface area contributed by atoms with E-state index >= 15 is 0 Å². The van der Waals surface area contributed by atoms with Crippen LogP contribution in [-0.4, -0.2) is 87.8 Å². The summed E-state index contributed by atoms with van der Waals surface area (Å²) in [5.41, 5.74) is 0. The molecular weight excluding hydrogens is 358 g/mol. The van der Waals surface area contributed by atoms with Crippen LogP contribution in [0.15, 0.2) is 0 Å². The molecule has 0 aromatic rings. The first-order valence-electron chi connectivity index (χ1n) is 7.79. The monoisotopic (exact) mass is 381 g/mol. The third kappa shape index (κ3) is 5.42. The Labute approximate surface area is 142 Å². The number of rotatable bonds is 5. The summed E-state index contributed by atoms with van der Waals surface area (Å²) in [4.78, 5) is 25.4. The third-order valence-electron chi connectivity index (χ3n) is 4.22. The molecule has 0 bridgehead atoms. The minimum absolute atomic E-state index is 0.00166. The summed E-state index contributed by atoms with van der Waals surface area (Å²) in [7, 11) is -6.29. The summed E-state index contributed by atoms with van der Waals surface area (Å²) in [6.45, 7) is 1.15. The highest BCUT2D eigenvalue weighted by Crippen LogP contribution is 2.12. The minimum atomic E-state index is -3.24. The van der Waals surface area contributed by atoms with Crippen molar-refractivity contribution in [2.45, 2.75) is 25.3 Å². The average Bonchev–Trinajstić information content (AvgIpc) is 2.83. The summed E-state index contributed by atoms with van der Waals surface area (Å²) < 4.78 is 46.8. The van der Waals surface area contributed by atoms with Crippen molar-refractivity contribution in [2.75, 3.05) is 43.9 Å². The summed E-state index contributed by atoms with van der Waals surface area (Å²) in [6, 6.07) is -0.365. The molecular formula is C13H23N3O6S2. The highest BCUT2D eigenvalue weighted by atomic mass is 32.2. The van der Waals surface area contributed by atoms with Gasteiger partial charge in [0.2, 0.25) is 21.8 Å². The molecule has 0 aromatic carbocycles. The maximum Gasteiger partial charge on any atom is 0.223 e. The fourth-order valence-corrected chi connectivity index (χ4v) is 5.36. The van der Waals surface area contributed by atoms with E-state index in [9.17, 15) is 26.4 Å². The Morgan fingerprint density at radius 3 is 2.25 bits per heavy atom. The van der Waals surface area contributed by atoms with Crippen LogP contribution in [0.4, 0.5) is 0 Å². The van der Waals surface area contributed by atoms with Crippen LogP contribution in [0.3, 0.4) is 0 Å². The standard InChI is InChI=1S/C13H23N3O6S2/c1-23(19,20)16-7-5-15(6-8-16)13(18)3-2-12(17)14-11-4-9-24(21,22)10-11/h11H,2-10H2,1H3,(H,14,17)/t11-/m1/s1. The lowest BCUT2D eigenvalue weighted by Gasteiger charge is -2.33. The van der Waals surface area contributed by atoms with Gasteiger partial charge in [-0.05, 0) is 6.42 Å². The molecule has 2 aliphatic heterocycles. The summed E-state index contributed by atoms with van der Waals surface area (Å²) in [5.74, 6) is -0.487. The lowest BCUT2D eigenvalue weighted by atomic mass is 10.2. The Kier molecular flexibility index (Phi) is 5.87. The number of sulfone groups is 1. The highest BCUT2D eigenvalue weighted by molar-refractivity contribution is 7.91. The third-order valence-corrected chi connectivity index (χ3v) is 7.29. The SMILES string of the molecule is CS(=O)(=O)N1CCN(C(=O)CCC(=O)N[C@@H]2CCS(=O)(=O)C2)CC1. The molecule has 24 heavy (non-hydrogen) atoms. The molecule has 2 saturated heterocycles. The fourth-order valence-electron chi connectivity index (χ4n) is 2.86. The molecule has 0 saturated carbocycles. The van der Waals surface area contributed by atoms with E-state index in [4.69, 9.17) is 0 Å². The zero-order chi connectivity index (χ0) is 18.0. The van der Waals surface area contributed by atoms with Crippen LogP contribution in [0.1, 0.15) is 19.3 Å². The molecule has 2 fully saturated rings. The van der Waals surface area contributed by atoms with E-state index in [1.54, 1.807) is 4.90 Å². The van der Waals surface area contributed by atoms with Crippen LogP contribution >= 0.6 is 0 Å². The number of nitrogens with zero attached hydrogens (tertiary/aromatic N) is 2.